The highest BCUT2D eigenvalue weighted by Crippen LogP contribution is 2.36. The van der Waals surface area contributed by atoms with Crippen LogP contribution in [-0.2, 0) is 23.0 Å². The molecule has 1 aliphatic heterocycles. The van der Waals surface area contributed by atoms with Crippen molar-refractivity contribution in [3.05, 3.63) is 119 Å². The number of nitriles is 1. The standard InChI is InChI=1S/C28H24N4O2S/c29-17-22-11-12-28-23(15-25-18-30-20-31-25)16-26(14-21-7-3-1-4-8-21)32(19-24(28)13-22)35(33,34)27-9-5-2-6-10-27/h1-13,15,18,20,26H,14,16,19H2,(H,30,31). The van der Waals surface area contributed by atoms with E-state index in [9.17, 15) is 13.7 Å². The van der Waals surface area contributed by atoms with Gasteiger partial charge in [0.1, 0.15) is 0 Å². The predicted octanol–water partition coefficient (Wildman–Crippen LogP) is 5.03. The summed E-state index contributed by atoms with van der Waals surface area (Å²) in [5.41, 5.74) is 5.17. The Kier molecular flexibility index (Phi) is 6.32. The number of rotatable bonds is 5. The lowest BCUT2D eigenvalue weighted by atomic mass is 9.93. The molecule has 1 N–H and O–H groups in total. The van der Waals surface area contributed by atoms with Crippen LogP contribution in [0.3, 0.4) is 0 Å². The molecule has 35 heavy (non-hydrogen) atoms. The number of fused-ring (bicyclic) bond motifs is 1. The molecule has 174 valence electrons. The fourth-order valence-electron chi connectivity index (χ4n) is 4.61. The molecule has 0 spiro atoms. The van der Waals surface area contributed by atoms with Crippen LogP contribution in [0.1, 0.15) is 34.4 Å². The lowest BCUT2D eigenvalue weighted by Crippen LogP contribution is -2.40. The third-order valence-electron chi connectivity index (χ3n) is 6.28. The molecule has 5 rings (SSSR count). The van der Waals surface area contributed by atoms with Crippen LogP contribution >= 0.6 is 0 Å². The van der Waals surface area contributed by atoms with E-state index in [2.05, 4.69) is 16.0 Å². The first-order valence-corrected chi connectivity index (χ1v) is 12.8. The second-order valence-corrected chi connectivity index (χ2v) is 10.5. The van der Waals surface area contributed by atoms with Crippen molar-refractivity contribution >= 4 is 21.7 Å². The van der Waals surface area contributed by atoms with Gasteiger partial charge in [0.25, 0.3) is 0 Å². The monoisotopic (exact) mass is 480 g/mol. The van der Waals surface area contributed by atoms with Gasteiger partial charge in [-0.2, -0.15) is 9.57 Å². The smallest absolute Gasteiger partial charge is 0.243 e. The van der Waals surface area contributed by atoms with Crippen molar-refractivity contribution in [2.24, 2.45) is 0 Å². The molecule has 1 aromatic heterocycles. The van der Waals surface area contributed by atoms with Crippen molar-refractivity contribution in [1.29, 1.82) is 5.26 Å². The first-order valence-electron chi connectivity index (χ1n) is 11.4. The average molecular weight is 481 g/mol. The highest BCUT2D eigenvalue weighted by molar-refractivity contribution is 7.89. The van der Waals surface area contributed by atoms with Crippen molar-refractivity contribution < 1.29 is 8.42 Å². The third kappa shape index (κ3) is 4.80. The normalized spacial score (nSPS) is 17.5. The van der Waals surface area contributed by atoms with Crippen LogP contribution in [0.4, 0.5) is 0 Å². The Balaban J connectivity index is 1.67. The number of sulfonamides is 1. The molecule has 0 radical (unpaired) electrons. The number of aromatic amines is 1. The van der Waals surface area contributed by atoms with Crippen molar-refractivity contribution in [3.8, 4) is 6.07 Å². The van der Waals surface area contributed by atoms with E-state index < -0.39 is 10.0 Å². The molecule has 0 amide bonds. The minimum atomic E-state index is -3.80. The highest BCUT2D eigenvalue weighted by Gasteiger charge is 2.35. The van der Waals surface area contributed by atoms with Gasteiger partial charge in [0, 0.05) is 12.6 Å². The number of hydrogen-bond donors (Lipinski definition) is 1. The van der Waals surface area contributed by atoms with Crippen molar-refractivity contribution in [2.45, 2.75) is 30.3 Å². The number of benzene rings is 3. The molecule has 1 atom stereocenters. The van der Waals surface area contributed by atoms with Crippen LogP contribution in [-0.4, -0.2) is 28.7 Å². The van der Waals surface area contributed by atoms with Gasteiger partial charge >= 0.3 is 0 Å². The Hall–Kier alpha value is -3.99. The van der Waals surface area contributed by atoms with E-state index in [0.717, 1.165) is 28.0 Å². The van der Waals surface area contributed by atoms with Crippen LogP contribution in [0.2, 0.25) is 0 Å². The van der Waals surface area contributed by atoms with Gasteiger partial charge in [-0.3, -0.25) is 0 Å². The van der Waals surface area contributed by atoms with Gasteiger partial charge in [-0.25, -0.2) is 13.4 Å². The van der Waals surface area contributed by atoms with E-state index >= 15 is 0 Å². The molecule has 7 heteroatoms. The SMILES string of the molecule is N#Cc1ccc2c(c1)CN(S(=O)(=O)c1ccccc1)C(Cc1ccccc1)CC2=Cc1cnc[nH]1. The zero-order valence-corrected chi connectivity index (χ0v) is 19.8. The largest absolute Gasteiger partial charge is 0.345 e. The molecule has 4 aromatic rings. The van der Waals surface area contributed by atoms with Crippen LogP contribution in [0, 0.1) is 11.3 Å². The Morgan fingerprint density at radius 2 is 1.80 bits per heavy atom. The molecule has 1 aliphatic rings. The van der Waals surface area contributed by atoms with Crippen molar-refractivity contribution in [3.63, 3.8) is 0 Å². The van der Waals surface area contributed by atoms with Gasteiger partial charge in [0.05, 0.1) is 34.7 Å². The molecular weight excluding hydrogens is 456 g/mol. The minimum Gasteiger partial charge on any atom is -0.345 e. The van der Waals surface area contributed by atoms with E-state index in [0.29, 0.717) is 18.4 Å². The molecule has 0 fully saturated rings. The molecule has 1 unspecified atom stereocenters. The van der Waals surface area contributed by atoms with Gasteiger partial charge in [-0.15, -0.1) is 0 Å². The Morgan fingerprint density at radius 1 is 1.06 bits per heavy atom. The number of imidazole rings is 1. The number of H-pyrrole nitrogens is 1. The van der Waals surface area contributed by atoms with Gasteiger partial charge in [-0.05, 0) is 65.4 Å². The minimum absolute atomic E-state index is 0.180. The number of aromatic nitrogens is 2. The van der Waals surface area contributed by atoms with Crippen molar-refractivity contribution in [2.75, 3.05) is 0 Å². The zero-order chi connectivity index (χ0) is 24.3. The fraction of sp³-hybridized carbons (Fsp3) is 0.143. The summed E-state index contributed by atoms with van der Waals surface area (Å²) in [4.78, 5) is 7.51. The van der Waals surface area contributed by atoms with Crippen LogP contribution in [0.15, 0.2) is 96.3 Å². The third-order valence-corrected chi connectivity index (χ3v) is 8.19. The summed E-state index contributed by atoms with van der Waals surface area (Å²) in [6.07, 6.45) is 6.46. The average Bonchev–Trinajstić information content (AvgIpc) is 3.35. The van der Waals surface area contributed by atoms with E-state index in [-0.39, 0.29) is 17.5 Å². The Morgan fingerprint density at radius 3 is 2.49 bits per heavy atom. The summed E-state index contributed by atoms with van der Waals surface area (Å²) in [6.45, 7) is 0.180. The van der Waals surface area contributed by atoms with E-state index in [1.807, 2.05) is 48.5 Å². The topological polar surface area (TPSA) is 89.8 Å². The van der Waals surface area contributed by atoms with Crippen LogP contribution < -0.4 is 0 Å². The number of nitrogens with one attached hydrogen (secondary N) is 1. The quantitative estimate of drug-likeness (QED) is 0.434. The van der Waals surface area contributed by atoms with E-state index in [4.69, 9.17) is 0 Å². The molecule has 0 bridgehead atoms. The van der Waals surface area contributed by atoms with Gasteiger partial charge in [-0.1, -0.05) is 54.6 Å². The molecule has 3 aromatic carbocycles. The summed E-state index contributed by atoms with van der Waals surface area (Å²) in [5.74, 6) is 0. The summed E-state index contributed by atoms with van der Waals surface area (Å²) in [5, 5.41) is 9.52. The first kappa shape index (κ1) is 22.8. The molecule has 6 nitrogen and oxygen atoms in total. The second-order valence-electron chi connectivity index (χ2n) is 8.57. The molecule has 0 saturated carbocycles. The molecule has 0 saturated heterocycles. The second kappa shape index (κ2) is 9.71. The maximum Gasteiger partial charge on any atom is 0.243 e. The number of hydrogen-bond acceptors (Lipinski definition) is 4. The lowest BCUT2D eigenvalue weighted by molar-refractivity contribution is 0.318. The van der Waals surface area contributed by atoms with Gasteiger partial charge in [0.2, 0.25) is 10.0 Å². The maximum atomic E-state index is 14.0. The van der Waals surface area contributed by atoms with Crippen molar-refractivity contribution in [1.82, 2.24) is 14.3 Å². The maximum absolute atomic E-state index is 14.0. The van der Waals surface area contributed by atoms with Crippen LogP contribution in [0.5, 0.6) is 0 Å². The summed E-state index contributed by atoms with van der Waals surface area (Å²) < 4.78 is 29.5. The highest BCUT2D eigenvalue weighted by atomic mass is 32.2. The zero-order valence-electron chi connectivity index (χ0n) is 19.0. The Labute approximate surface area is 205 Å². The molecule has 2 heterocycles. The van der Waals surface area contributed by atoms with Gasteiger partial charge in [0.15, 0.2) is 0 Å². The lowest BCUT2D eigenvalue weighted by Gasteiger charge is -2.29. The van der Waals surface area contributed by atoms with Gasteiger partial charge < -0.3 is 4.98 Å². The summed E-state index contributed by atoms with van der Waals surface area (Å²) >= 11 is 0. The fourth-order valence-corrected chi connectivity index (χ4v) is 6.23. The first-order chi connectivity index (χ1) is 17.0. The molecule has 0 aliphatic carbocycles. The Bertz CT molecular complexity index is 1490. The summed E-state index contributed by atoms with van der Waals surface area (Å²) in [7, 11) is -3.80. The number of nitrogens with zero attached hydrogens (tertiary/aromatic N) is 3. The predicted molar refractivity (Wildman–Crippen MR) is 135 cm³/mol. The van der Waals surface area contributed by atoms with E-state index in [1.54, 1.807) is 53.2 Å². The summed E-state index contributed by atoms with van der Waals surface area (Å²) in [6, 6.07) is 25.9. The van der Waals surface area contributed by atoms with E-state index in [1.165, 1.54) is 0 Å². The van der Waals surface area contributed by atoms with Crippen LogP contribution in [0.25, 0.3) is 11.6 Å². The molecular formula is C28H24N4O2S.